The van der Waals surface area contributed by atoms with Gasteiger partial charge in [-0.25, -0.2) is 4.39 Å². The molecule has 0 fully saturated rings. The van der Waals surface area contributed by atoms with Gasteiger partial charge in [-0.15, -0.1) is 0 Å². The van der Waals surface area contributed by atoms with E-state index >= 15 is 0 Å². The Hall–Kier alpha value is -1.46. The summed E-state index contributed by atoms with van der Waals surface area (Å²) in [6.07, 6.45) is 1.57. The number of rotatable bonds is 3. The summed E-state index contributed by atoms with van der Waals surface area (Å²) in [4.78, 5) is 4.16. The van der Waals surface area contributed by atoms with Gasteiger partial charge in [-0.2, -0.15) is 0 Å². The highest BCUT2D eigenvalue weighted by atomic mass is 79.9. The molecular formula is C13H12BrFN2O. The number of halogens is 2. The van der Waals surface area contributed by atoms with E-state index in [-0.39, 0.29) is 11.9 Å². The third-order valence-corrected chi connectivity index (χ3v) is 3.00. The fraction of sp³-hybridized carbons (Fsp3) is 0.154. The molecule has 0 aliphatic rings. The summed E-state index contributed by atoms with van der Waals surface area (Å²) in [5, 5.41) is 0. The molecule has 94 valence electrons. The molecule has 0 aliphatic heterocycles. The van der Waals surface area contributed by atoms with Crippen molar-refractivity contribution in [3.05, 3.63) is 52.5 Å². The van der Waals surface area contributed by atoms with Crippen LogP contribution in [0.1, 0.15) is 18.7 Å². The van der Waals surface area contributed by atoms with Crippen molar-refractivity contribution in [1.82, 2.24) is 4.98 Å². The van der Waals surface area contributed by atoms with E-state index in [1.165, 1.54) is 6.07 Å². The fourth-order valence-corrected chi connectivity index (χ4v) is 1.64. The zero-order chi connectivity index (χ0) is 13.1. The van der Waals surface area contributed by atoms with Crippen molar-refractivity contribution in [3.8, 4) is 11.5 Å². The predicted octanol–water partition coefficient (Wildman–Crippen LogP) is 3.80. The number of hydrogen-bond acceptors (Lipinski definition) is 3. The Morgan fingerprint density at radius 2 is 2.00 bits per heavy atom. The quantitative estimate of drug-likeness (QED) is 0.938. The molecule has 2 N–H and O–H groups in total. The van der Waals surface area contributed by atoms with Crippen LogP contribution in [0, 0.1) is 5.82 Å². The molecule has 18 heavy (non-hydrogen) atoms. The number of nitrogens with zero attached hydrogens (tertiary/aromatic N) is 1. The molecule has 0 spiro atoms. The van der Waals surface area contributed by atoms with Crippen molar-refractivity contribution < 1.29 is 9.13 Å². The minimum absolute atomic E-state index is 0.121. The van der Waals surface area contributed by atoms with Crippen LogP contribution in [-0.2, 0) is 0 Å². The molecule has 1 atom stereocenters. The first-order valence-electron chi connectivity index (χ1n) is 5.40. The molecule has 2 aromatic rings. The molecule has 0 aliphatic carbocycles. The fourth-order valence-electron chi connectivity index (χ4n) is 1.40. The van der Waals surface area contributed by atoms with Gasteiger partial charge in [0.2, 0.25) is 0 Å². The van der Waals surface area contributed by atoms with Crippen molar-refractivity contribution in [2.75, 3.05) is 0 Å². The summed E-state index contributed by atoms with van der Waals surface area (Å²) in [6, 6.07) is 8.00. The highest BCUT2D eigenvalue weighted by Gasteiger charge is 2.04. The molecule has 0 saturated carbocycles. The van der Waals surface area contributed by atoms with Gasteiger partial charge in [-0.3, -0.25) is 4.98 Å². The van der Waals surface area contributed by atoms with Gasteiger partial charge >= 0.3 is 0 Å². The molecule has 1 aromatic carbocycles. The summed E-state index contributed by atoms with van der Waals surface area (Å²) >= 11 is 3.08. The first-order valence-corrected chi connectivity index (χ1v) is 6.20. The van der Waals surface area contributed by atoms with Crippen LogP contribution in [0.15, 0.2) is 41.0 Å². The molecular weight excluding hydrogens is 299 g/mol. The summed E-state index contributed by atoms with van der Waals surface area (Å²) in [6.45, 7) is 1.85. The van der Waals surface area contributed by atoms with Gasteiger partial charge in [0.05, 0.1) is 16.4 Å². The van der Waals surface area contributed by atoms with E-state index in [1.54, 1.807) is 30.5 Å². The van der Waals surface area contributed by atoms with Crippen molar-refractivity contribution in [3.63, 3.8) is 0 Å². The van der Waals surface area contributed by atoms with E-state index in [9.17, 15) is 4.39 Å². The first-order chi connectivity index (χ1) is 8.56. The van der Waals surface area contributed by atoms with Gasteiger partial charge in [0.1, 0.15) is 17.3 Å². The number of nitrogens with two attached hydrogens (primary N) is 1. The Labute approximate surface area is 113 Å². The normalized spacial score (nSPS) is 12.2. The molecule has 1 heterocycles. The lowest BCUT2D eigenvalue weighted by Crippen LogP contribution is -2.06. The lowest BCUT2D eigenvalue weighted by atomic mass is 10.2. The zero-order valence-electron chi connectivity index (χ0n) is 9.73. The molecule has 3 nitrogen and oxygen atoms in total. The second kappa shape index (κ2) is 5.46. The van der Waals surface area contributed by atoms with Crippen LogP contribution < -0.4 is 10.5 Å². The highest BCUT2D eigenvalue weighted by Crippen LogP contribution is 2.25. The summed E-state index contributed by atoms with van der Waals surface area (Å²) < 4.78 is 19.2. The molecule has 2 rings (SSSR count). The molecule has 0 amide bonds. The topological polar surface area (TPSA) is 48.1 Å². The van der Waals surface area contributed by atoms with Crippen LogP contribution >= 0.6 is 15.9 Å². The van der Waals surface area contributed by atoms with Crippen LogP contribution in [-0.4, -0.2) is 4.98 Å². The second-order valence-corrected chi connectivity index (χ2v) is 4.74. The van der Waals surface area contributed by atoms with Gasteiger partial charge in [-0.05, 0) is 47.1 Å². The summed E-state index contributed by atoms with van der Waals surface area (Å²) in [5.41, 5.74) is 6.48. The van der Waals surface area contributed by atoms with E-state index < -0.39 is 0 Å². The zero-order valence-corrected chi connectivity index (χ0v) is 11.3. The van der Waals surface area contributed by atoms with Crippen LogP contribution in [0.25, 0.3) is 0 Å². The monoisotopic (exact) mass is 310 g/mol. The smallest absolute Gasteiger partial charge is 0.145 e. The Morgan fingerprint density at radius 3 is 2.56 bits per heavy atom. The van der Waals surface area contributed by atoms with Crippen LogP contribution in [0.5, 0.6) is 11.5 Å². The van der Waals surface area contributed by atoms with Gasteiger partial charge in [0.25, 0.3) is 0 Å². The Kier molecular flexibility index (Phi) is 3.93. The molecule has 0 radical (unpaired) electrons. The number of hydrogen-bond donors (Lipinski definition) is 1. The molecule has 5 heteroatoms. The maximum atomic E-state index is 13.3. The average molecular weight is 311 g/mol. The van der Waals surface area contributed by atoms with E-state index in [4.69, 9.17) is 10.5 Å². The van der Waals surface area contributed by atoms with Gasteiger partial charge in [0, 0.05) is 12.1 Å². The van der Waals surface area contributed by atoms with Crippen LogP contribution in [0.3, 0.4) is 0 Å². The third kappa shape index (κ3) is 3.05. The van der Waals surface area contributed by atoms with Crippen molar-refractivity contribution in [2.24, 2.45) is 5.73 Å². The minimum Gasteiger partial charge on any atom is -0.456 e. The van der Waals surface area contributed by atoms with Gasteiger partial charge in [0.15, 0.2) is 0 Å². The van der Waals surface area contributed by atoms with Gasteiger partial charge in [-0.1, -0.05) is 0 Å². The Morgan fingerprint density at radius 1 is 1.28 bits per heavy atom. The summed E-state index contributed by atoms with van der Waals surface area (Å²) in [7, 11) is 0. The Balaban J connectivity index is 2.15. The highest BCUT2D eigenvalue weighted by molar-refractivity contribution is 9.10. The lowest BCUT2D eigenvalue weighted by Gasteiger charge is -2.08. The molecule has 0 bridgehead atoms. The Bertz CT molecular complexity index is 543. The lowest BCUT2D eigenvalue weighted by molar-refractivity contribution is 0.473. The largest absolute Gasteiger partial charge is 0.456 e. The predicted molar refractivity (Wildman–Crippen MR) is 71.0 cm³/mol. The first kappa shape index (κ1) is 13.0. The second-order valence-electron chi connectivity index (χ2n) is 3.89. The van der Waals surface area contributed by atoms with E-state index in [2.05, 4.69) is 20.9 Å². The SMILES string of the molecule is CC(N)c1ccc(Oc2ccc(Br)c(F)c2)cn1. The van der Waals surface area contributed by atoms with Crippen molar-refractivity contribution in [2.45, 2.75) is 13.0 Å². The maximum Gasteiger partial charge on any atom is 0.145 e. The minimum atomic E-state index is -0.368. The van der Waals surface area contributed by atoms with Gasteiger partial charge < -0.3 is 10.5 Å². The third-order valence-electron chi connectivity index (χ3n) is 2.35. The number of benzene rings is 1. The van der Waals surface area contributed by atoms with Crippen molar-refractivity contribution in [1.29, 1.82) is 0 Å². The number of ether oxygens (including phenoxy) is 1. The number of aromatic nitrogens is 1. The molecule has 1 unspecified atom stereocenters. The van der Waals surface area contributed by atoms with Crippen molar-refractivity contribution >= 4 is 15.9 Å². The molecule has 1 aromatic heterocycles. The molecule has 0 saturated heterocycles. The van der Waals surface area contributed by atoms with Crippen LogP contribution in [0.4, 0.5) is 4.39 Å². The summed E-state index contributed by atoms with van der Waals surface area (Å²) in [5.74, 6) is 0.597. The average Bonchev–Trinajstić information content (AvgIpc) is 2.34. The number of pyridine rings is 1. The maximum absolute atomic E-state index is 13.3. The van der Waals surface area contributed by atoms with Crippen LogP contribution in [0.2, 0.25) is 0 Å². The van der Waals surface area contributed by atoms with E-state index in [1.807, 2.05) is 6.92 Å². The van der Waals surface area contributed by atoms with E-state index in [0.29, 0.717) is 16.0 Å². The van der Waals surface area contributed by atoms with E-state index in [0.717, 1.165) is 5.69 Å². The standard InChI is InChI=1S/C13H12BrFN2O/c1-8(16)13-5-3-10(7-17-13)18-9-2-4-11(14)12(15)6-9/h2-8H,16H2,1H3.